The molecule has 2 nitrogen and oxygen atoms in total. The summed E-state index contributed by atoms with van der Waals surface area (Å²) in [5.74, 6) is 0. The number of nitrogens with zero attached hydrogens (tertiary/aromatic N) is 2. The summed E-state index contributed by atoms with van der Waals surface area (Å²) in [6, 6.07) is 8.10. The normalized spacial score (nSPS) is 27.4. The first-order chi connectivity index (χ1) is 6.38. The molecule has 0 saturated carbocycles. The van der Waals surface area contributed by atoms with Crippen LogP contribution >= 0.6 is 0 Å². The highest BCUT2D eigenvalue weighted by Crippen LogP contribution is 2.21. The first-order valence-corrected chi connectivity index (χ1v) is 4.29. The fraction of sp³-hybridized carbons (Fsp3) is 0.0909. The standard InChI is InChI=1S/C11H8N2/c1-2-5-10-9(4-1)8-11(13-10)6-3-7-12-11/h1-8H. The maximum absolute atomic E-state index is 4.54. The molecule has 0 N–H and O–H groups in total. The van der Waals surface area contributed by atoms with E-state index >= 15 is 0 Å². The van der Waals surface area contributed by atoms with Crippen LogP contribution in [0.25, 0.3) is 6.08 Å². The molecule has 13 heavy (non-hydrogen) atoms. The van der Waals surface area contributed by atoms with E-state index in [0.29, 0.717) is 0 Å². The van der Waals surface area contributed by atoms with Crippen LogP contribution in [-0.4, -0.2) is 11.9 Å². The zero-order chi connectivity index (χ0) is 8.73. The summed E-state index contributed by atoms with van der Waals surface area (Å²) < 4.78 is 0. The van der Waals surface area contributed by atoms with Crippen LogP contribution < -0.4 is 10.6 Å². The van der Waals surface area contributed by atoms with Crippen LogP contribution in [-0.2, 0) is 0 Å². The second-order valence-corrected chi connectivity index (χ2v) is 3.24. The van der Waals surface area contributed by atoms with Gasteiger partial charge in [-0.3, -0.25) is 4.99 Å². The summed E-state index contributed by atoms with van der Waals surface area (Å²) in [6.07, 6.45) is 7.83. The molecule has 0 aromatic heterocycles. The average Bonchev–Trinajstić information content (AvgIpc) is 2.72. The molecule has 0 bridgehead atoms. The number of aliphatic imine (C=N–C) groups is 1. The lowest BCUT2D eigenvalue weighted by molar-refractivity contribution is 0.748. The highest BCUT2D eigenvalue weighted by Gasteiger charge is 2.26. The van der Waals surface area contributed by atoms with Crippen LogP contribution in [0.4, 0.5) is 0 Å². The Morgan fingerprint density at radius 2 is 2.08 bits per heavy atom. The Balaban J connectivity index is 2.35. The van der Waals surface area contributed by atoms with Gasteiger partial charge in [0.05, 0.1) is 5.36 Å². The molecule has 0 saturated heterocycles. The van der Waals surface area contributed by atoms with Crippen molar-refractivity contribution in [3.05, 3.63) is 47.0 Å². The number of rotatable bonds is 0. The van der Waals surface area contributed by atoms with Crippen molar-refractivity contribution in [3.8, 4) is 0 Å². The van der Waals surface area contributed by atoms with Crippen molar-refractivity contribution in [2.24, 2.45) is 9.98 Å². The van der Waals surface area contributed by atoms with E-state index in [1.165, 1.54) is 5.22 Å². The lowest BCUT2D eigenvalue weighted by Gasteiger charge is -2.08. The summed E-state index contributed by atoms with van der Waals surface area (Å²) in [6.45, 7) is 0. The van der Waals surface area contributed by atoms with Crippen LogP contribution in [0.5, 0.6) is 0 Å². The minimum Gasteiger partial charge on any atom is -0.255 e. The van der Waals surface area contributed by atoms with Gasteiger partial charge in [-0.1, -0.05) is 18.2 Å². The van der Waals surface area contributed by atoms with Gasteiger partial charge in [-0.05, 0) is 24.3 Å². The Bertz CT molecular complexity index is 474. The van der Waals surface area contributed by atoms with Gasteiger partial charge in [-0.15, -0.1) is 0 Å². The van der Waals surface area contributed by atoms with Gasteiger partial charge in [0, 0.05) is 11.4 Å². The van der Waals surface area contributed by atoms with Crippen LogP contribution in [0.2, 0.25) is 0 Å². The molecule has 62 valence electrons. The van der Waals surface area contributed by atoms with E-state index in [-0.39, 0.29) is 0 Å². The van der Waals surface area contributed by atoms with Crippen molar-refractivity contribution in [1.82, 2.24) is 0 Å². The van der Waals surface area contributed by atoms with E-state index in [2.05, 4.69) is 22.1 Å². The van der Waals surface area contributed by atoms with Gasteiger partial charge in [-0.2, -0.15) is 0 Å². The van der Waals surface area contributed by atoms with E-state index in [1.807, 2.05) is 30.4 Å². The molecule has 1 atom stereocenters. The lowest BCUT2D eigenvalue weighted by Crippen LogP contribution is -2.19. The third-order valence-corrected chi connectivity index (χ3v) is 2.31. The maximum Gasteiger partial charge on any atom is 0.189 e. The highest BCUT2D eigenvalue weighted by atomic mass is 15.1. The molecule has 1 spiro atoms. The summed E-state index contributed by atoms with van der Waals surface area (Å²) in [5.41, 5.74) is -0.413. The van der Waals surface area contributed by atoms with E-state index in [1.54, 1.807) is 6.21 Å². The van der Waals surface area contributed by atoms with Crippen LogP contribution in [0.15, 0.2) is 46.4 Å². The third kappa shape index (κ3) is 0.886. The van der Waals surface area contributed by atoms with Gasteiger partial charge in [0.2, 0.25) is 0 Å². The molecule has 0 radical (unpaired) electrons. The van der Waals surface area contributed by atoms with Crippen LogP contribution in [0.1, 0.15) is 0 Å². The third-order valence-electron chi connectivity index (χ3n) is 2.31. The smallest absolute Gasteiger partial charge is 0.189 e. The van der Waals surface area contributed by atoms with Crippen molar-refractivity contribution in [3.63, 3.8) is 0 Å². The second-order valence-electron chi connectivity index (χ2n) is 3.24. The molecular weight excluding hydrogens is 160 g/mol. The minimum absolute atomic E-state index is 0.413. The Labute approximate surface area is 75.7 Å². The maximum atomic E-state index is 4.54. The highest BCUT2D eigenvalue weighted by molar-refractivity contribution is 5.78. The number of allylic oxidation sites excluding steroid dienone is 1. The van der Waals surface area contributed by atoms with Crippen LogP contribution in [0, 0.1) is 0 Å². The zero-order valence-corrected chi connectivity index (χ0v) is 7.01. The number of fused-ring (bicyclic) bond motifs is 1. The quantitative estimate of drug-likeness (QED) is 0.537. The largest absolute Gasteiger partial charge is 0.255 e. The molecule has 0 fully saturated rings. The van der Waals surface area contributed by atoms with Gasteiger partial charge in [-0.25, -0.2) is 4.99 Å². The van der Waals surface area contributed by atoms with Crippen molar-refractivity contribution >= 4 is 12.3 Å². The summed E-state index contributed by atoms with van der Waals surface area (Å²) in [5, 5.41) is 2.21. The van der Waals surface area contributed by atoms with Gasteiger partial charge in [0.25, 0.3) is 0 Å². The summed E-state index contributed by atoms with van der Waals surface area (Å²) in [4.78, 5) is 8.87. The van der Waals surface area contributed by atoms with Crippen molar-refractivity contribution in [2.75, 3.05) is 0 Å². The fourth-order valence-corrected chi connectivity index (χ4v) is 1.71. The SMILES string of the molecule is C1=CC2(C=c3ccccc3=N2)N=C1. The minimum atomic E-state index is -0.413. The molecule has 1 aromatic rings. The van der Waals surface area contributed by atoms with Crippen molar-refractivity contribution in [1.29, 1.82) is 0 Å². The topological polar surface area (TPSA) is 24.7 Å². The molecule has 0 amide bonds. The summed E-state index contributed by atoms with van der Waals surface area (Å²) >= 11 is 0. The van der Waals surface area contributed by atoms with E-state index in [0.717, 1.165) is 5.36 Å². The molecule has 2 heteroatoms. The number of benzene rings is 1. The first-order valence-electron chi connectivity index (χ1n) is 4.29. The predicted octanol–water partition coefficient (Wildman–Crippen LogP) is 0.437. The molecule has 2 aliphatic rings. The lowest BCUT2D eigenvalue weighted by atomic mass is 10.2. The number of hydrogen-bond acceptors (Lipinski definition) is 2. The van der Waals surface area contributed by atoms with E-state index < -0.39 is 5.66 Å². The molecular formula is C11H8N2. The van der Waals surface area contributed by atoms with Gasteiger partial charge in [0.15, 0.2) is 5.66 Å². The fourth-order valence-electron chi connectivity index (χ4n) is 1.71. The monoisotopic (exact) mass is 168 g/mol. The molecule has 1 unspecified atom stereocenters. The Morgan fingerprint density at radius 3 is 2.85 bits per heavy atom. The predicted molar refractivity (Wildman–Crippen MR) is 52.1 cm³/mol. The van der Waals surface area contributed by atoms with Crippen molar-refractivity contribution in [2.45, 2.75) is 5.66 Å². The van der Waals surface area contributed by atoms with Gasteiger partial charge in [0.1, 0.15) is 0 Å². The molecule has 0 aliphatic carbocycles. The zero-order valence-electron chi connectivity index (χ0n) is 7.01. The van der Waals surface area contributed by atoms with Gasteiger partial charge >= 0.3 is 0 Å². The van der Waals surface area contributed by atoms with Gasteiger partial charge < -0.3 is 0 Å². The number of para-hydroxylation sites is 1. The van der Waals surface area contributed by atoms with E-state index in [4.69, 9.17) is 0 Å². The Hall–Kier alpha value is -1.70. The van der Waals surface area contributed by atoms with E-state index in [9.17, 15) is 0 Å². The molecule has 3 rings (SSSR count). The summed E-state index contributed by atoms with van der Waals surface area (Å²) in [7, 11) is 0. The molecule has 2 aliphatic heterocycles. The number of hydrogen-bond donors (Lipinski definition) is 0. The Kier molecular flexibility index (Phi) is 1.13. The first kappa shape index (κ1) is 6.78. The molecule has 2 heterocycles. The molecule has 1 aromatic carbocycles. The van der Waals surface area contributed by atoms with Crippen molar-refractivity contribution < 1.29 is 0 Å². The Morgan fingerprint density at radius 1 is 1.15 bits per heavy atom. The van der Waals surface area contributed by atoms with Crippen LogP contribution in [0.3, 0.4) is 0 Å². The second kappa shape index (κ2) is 2.16. The average molecular weight is 168 g/mol.